The molecule has 0 spiro atoms. The van der Waals surface area contributed by atoms with Crippen LogP contribution in [0.5, 0.6) is 0 Å². The fourth-order valence-corrected chi connectivity index (χ4v) is 2.93. The Bertz CT molecular complexity index is 907. The summed E-state index contributed by atoms with van der Waals surface area (Å²) in [6.45, 7) is 1.64. The number of hydrogen-bond donors (Lipinski definition) is 0. The number of benzene rings is 1. The molecular formula is C15H12N4O3S. The molecule has 3 rings (SSSR count). The average Bonchev–Trinajstić information content (AvgIpc) is 2.96. The highest BCUT2D eigenvalue weighted by molar-refractivity contribution is 7.99. The second kappa shape index (κ2) is 6.17. The first-order valence-corrected chi connectivity index (χ1v) is 7.75. The Morgan fingerprint density at radius 3 is 2.91 bits per heavy atom. The fourth-order valence-electron chi connectivity index (χ4n) is 2.11. The molecule has 2 aromatic heterocycles. The number of nitro benzene ring substituents is 1. The Kier molecular flexibility index (Phi) is 4.07. The lowest BCUT2D eigenvalue weighted by Crippen LogP contribution is -2.04. The predicted molar refractivity (Wildman–Crippen MR) is 85.9 cm³/mol. The number of ketones is 1. The van der Waals surface area contributed by atoms with Gasteiger partial charge in [0, 0.05) is 23.4 Å². The normalized spacial score (nSPS) is 10.8. The van der Waals surface area contributed by atoms with Gasteiger partial charge in [0.25, 0.3) is 5.69 Å². The molecule has 0 fully saturated rings. The van der Waals surface area contributed by atoms with Crippen LogP contribution in [0.1, 0.15) is 15.9 Å². The SMILES string of the molecule is Cc1ccc(C(=O)CSc2nnc3ccccn23)cc1[N+](=O)[O-]. The zero-order chi connectivity index (χ0) is 16.4. The molecule has 0 atom stereocenters. The van der Waals surface area contributed by atoms with Gasteiger partial charge in [0.1, 0.15) is 0 Å². The van der Waals surface area contributed by atoms with Gasteiger partial charge in [-0.25, -0.2) is 0 Å². The number of aromatic nitrogens is 3. The van der Waals surface area contributed by atoms with Crippen molar-refractivity contribution in [2.24, 2.45) is 0 Å². The van der Waals surface area contributed by atoms with Crippen molar-refractivity contribution >= 4 is 28.9 Å². The molecule has 3 aromatic rings. The van der Waals surface area contributed by atoms with Crippen molar-refractivity contribution < 1.29 is 9.72 Å². The van der Waals surface area contributed by atoms with Crippen LogP contribution in [0.15, 0.2) is 47.8 Å². The molecule has 116 valence electrons. The average molecular weight is 328 g/mol. The molecule has 0 N–H and O–H groups in total. The largest absolute Gasteiger partial charge is 0.293 e. The van der Waals surface area contributed by atoms with Crippen LogP contribution in [0.2, 0.25) is 0 Å². The maximum Gasteiger partial charge on any atom is 0.273 e. The first kappa shape index (κ1) is 15.2. The standard InChI is InChI=1S/C15H12N4O3S/c1-10-5-6-11(8-12(10)19(21)22)13(20)9-23-15-17-16-14-4-2-3-7-18(14)15/h2-8H,9H2,1H3. The van der Waals surface area contributed by atoms with Gasteiger partial charge in [-0.2, -0.15) is 0 Å². The molecule has 8 heteroatoms. The highest BCUT2D eigenvalue weighted by Gasteiger charge is 2.16. The predicted octanol–water partition coefficient (Wildman–Crippen LogP) is 2.92. The smallest absolute Gasteiger partial charge is 0.273 e. The minimum absolute atomic E-state index is 0.0474. The van der Waals surface area contributed by atoms with E-state index in [1.165, 1.54) is 17.8 Å². The maximum atomic E-state index is 12.3. The van der Waals surface area contributed by atoms with Crippen molar-refractivity contribution in [1.29, 1.82) is 0 Å². The van der Waals surface area contributed by atoms with Crippen LogP contribution in [0.25, 0.3) is 5.65 Å². The van der Waals surface area contributed by atoms with E-state index >= 15 is 0 Å². The van der Waals surface area contributed by atoms with Crippen molar-refractivity contribution in [2.45, 2.75) is 12.1 Å². The van der Waals surface area contributed by atoms with Crippen molar-refractivity contribution in [1.82, 2.24) is 14.6 Å². The number of rotatable bonds is 5. The summed E-state index contributed by atoms with van der Waals surface area (Å²) in [5.74, 6) is -0.0543. The van der Waals surface area contributed by atoms with Crippen LogP contribution in [0, 0.1) is 17.0 Å². The van der Waals surface area contributed by atoms with Crippen LogP contribution in [0.4, 0.5) is 5.69 Å². The Balaban J connectivity index is 1.77. The van der Waals surface area contributed by atoms with Crippen molar-refractivity contribution in [3.05, 3.63) is 63.8 Å². The van der Waals surface area contributed by atoms with Gasteiger partial charge in [-0.15, -0.1) is 10.2 Å². The maximum absolute atomic E-state index is 12.3. The van der Waals surface area contributed by atoms with E-state index in [-0.39, 0.29) is 17.2 Å². The first-order chi connectivity index (χ1) is 11.1. The van der Waals surface area contributed by atoms with Crippen LogP contribution < -0.4 is 0 Å². The zero-order valence-electron chi connectivity index (χ0n) is 12.2. The van der Waals surface area contributed by atoms with E-state index in [1.54, 1.807) is 23.5 Å². The van der Waals surface area contributed by atoms with Gasteiger partial charge in [0.05, 0.1) is 10.7 Å². The quantitative estimate of drug-likeness (QED) is 0.309. The number of hydrogen-bond acceptors (Lipinski definition) is 6. The van der Waals surface area contributed by atoms with Gasteiger partial charge < -0.3 is 0 Å². The molecule has 0 radical (unpaired) electrons. The third-order valence-corrected chi connectivity index (χ3v) is 4.29. The number of carbonyl (C=O) groups excluding carboxylic acids is 1. The van der Waals surface area contributed by atoms with E-state index in [2.05, 4.69) is 10.2 Å². The van der Waals surface area contributed by atoms with Crippen molar-refractivity contribution in [2.75, 3.05) is 5.75 Å². The van der Waals surface area contributed by atoms with Gasteiger partial charge in [-0.3, -0.25) is 19.3 Å². The molecule has 7 nitrogen and oxygen atoms in total. The summed E-state index contributed by atoms with van der Waals surface area (Å²) < 4.78 is 1.79. The summed E-state index contributed by atoms with van der Waals surface area (Å²) in [6.07, 6.45) is 1.82. The van der Waals surface area contributed by atoms with Crippen LogP contribution in [0.3, 0.4) is 0 Å². The first-order valence-electron chi connectivity index (χ1n) is 6.77. The summed E-state index contributed by atoms with van der Waals surface area (Å²) >= 11 is 1.25. The van der Waals surface area contributed by atoms with Gasteiger partial charge in [-0.05, 0) is 19.1 Å². The molecule has 0 saturated carbocycles. The van der Waals surface area contributed by atoms with Crippen LogP contribution in [-0.4, -0.2) is 31.1 Å². The number of fused-ring (bicyclic) bond motifs is 1. The second-order valence-electron chi connectivity index (χ2n) is 4.88. The van der Waals surface area contributed by atoms with Gasteiger partial charge >= 0.3 is 0 Å². The Morgan fingerprint density at radius 1 is 1.30 bits per heavy atom. The number of aryl methyl sites for hydroxylation is 1. The van der Waals surface area contributed by atoms with E-state index in [4.69, 9.17) is 0 Å². The summed E-state index contributed by atoms with van der Waals surface area (Å²) in [4.78, 5) is 22.7. The number of carbonyl (C=O) groups is 1. The summed E-state index contributed by atoms with van der Waals surface area (Å²) in [6, 6.07) is 10.0. The molecule has 0 bridgehead atoms. The Labute approximate surface area is 135 Å². The molecule has 0 aliphatic rings. The molecule has 0 aliphatic carbocycles. The van der Waals surface area contributed by atoms with E-state index < -0.39 is 4.92 Å². The molecule has 0 amide bonds. The van der Waals surface area contributed by atoms with Gasteiger partial charge in [0.2, 0.25) is 0 Å². The monoisotopic (exact) mass is 328 g/mol. The van der Waals surface area contributed by atoms with Gasteiger partial charge in [-0.1, -0.05) is 30.0 Å². The van der Waals surface area contributed by atoms with Gasteiger partial charge in [0.15, 0.2) is 16.6 Å². The second-order valence-corrected chi connectivity index (χ2v) is 5.82. The summed E-state index contributed by atoms with van der Waals surface area (Å²) in [7, 11) is 0. The summed E-state index contributed by atoms with van der Waals surface area (Å²) in [5, 5.41) is 19.6. The third-order valence-electron chi connectivity index (χ3n) is 3.34. The Hall–Kier alpha value is -2.74. The molecule has 0 aliphatic heterocycles. The minimum Gasteiger partial charge on any atom is -0.293 e. The lowest BCUT2D eigenvalue weighted by Gasteiger charge is -2.02. The number of nitro groups is 1. The topological polar surface area (TPSA) is 90.4 Å². The lowest BCUT2D eigenvalue weighted by atomic mass is 10.1. The third kappa shape index (κ3) is 3.07. The van der Waals surface area contributed by atoms with E-state index in [0.717, 1.165) is 0 Å². The molecule has 23 heavy (non-hydrogen) atoms. The lowest BCUT2D eigenvalue weighted by molar-refractivity contribution is -0.385. The van der Waals surface area contributed by atoms with E-state index in [0.29, 0.717) is 21.9 Å². The van der Waals surface area contributed by atoms with Crippen LogP contribution >= 0.6 is 11.8 Å². The van der Waals surface area contributed by atoms with E-state index in [1.807, 2.05) is 24.4 Å². The molecule has 0 unspecified atom stereocenters. The Morgan fingerprint density at radius 2 is 2.13 bits per heavy atom. The minimum atomic E-state index is -0.481. The molecule has 1 aromatic carbocycles. The fraction of sp³-hybridized carbons (Fsp3) is 0.133. The number of pyridine rings is 1. The van der Waals surface area contributed by atoms with E-state index in [9.17, 15) is 14.9 Å². The molecule has 0 saturated heterocycles. The van der Waals surface area contributed by atoms with Crippen LogP contribution in [-0.2, 0) is 0 Å². The number of nitrogens with zero attached hydrogens (tertiary/aromatic N) is 4. The summed E-state index contributed by atoms with van der Waals surface area (Å²) in [5.41, 5.74) is 1.51. The van der Waals surface area contributed by atoms with Crippen molar-refractivity contribution in [3.8, 4) is 0 Å². The molecular weight excluding hydrogens is 316 g/mol. The number of thioether (sulfide) groups is 1. The van der Waals surface area contributed by atoms with Crippen molar-refractivity contribution in [3.63, 3.8) is 0 Å². The highest BCUT2D eigenvalue weighted by Crippen LogP contribution is 2.22. The number of Topliss-reactive ketones (excluding diaryl/α,β-unsaturated/α-hetero) is 1. The molecule has 2 heterocycles. The zero-order valence-corrected chi connectivity index (χ0v) is 13.0. The highest BCUT2D eigenvalue weighted by atomic mass is 32.2.